The van der Waals surface area contributed by atoms with Crippen molar-refractivity contribution in [3.63, 3.8) is 0 Å². The van der Waals surface area contributed by atoms with E-state index in [1.165, 1.54) is 10.8 Å². The van der Waals surface area contributed by atoms with Gasteiger partial charge in [0.05, 0.1) is 0 Å². The Kier molecular flexibility index (Phi) is 8.66. The van der Waals surface area contributed by atoms with Crippen LogP contribution in [0, 0.1) is 0 Å². The van der Waals surface area contributed by atoms with Gasteiger partial charge in [-0.2, -0.15) is 17.5 Å². The van der Waals surface area contributed by atoms with Crippen LogP contribution in [0.15, 0.2) is 42.5 Å². The number of hydrogen-bond acceptors (Lipinski definition) is 0. The van der Waals surface area contributed by atoms with E-state index >= 15 is 0 Å². The standard InChI is InChI=1S/C9H7.BrH.ClH.Zr/c1-2-5-9-7-3-6-8(9)4-1;;;/h1-7H;2*1H;/q-1;;;+3/p-2. The maximum absolute atomic E-state index is 2.12. The molecule has 2 rings (SSSR count). The Morgan fingerprint density at radius 2 is 1.67 bits per heavy atom. The van der Waals surface area contributed by atoms with Gasteiger partial charge >= 0.3 is 26.2 Å². The van der Waals surface area contributed by atoms with Gasteiger partial charge in [-0.1, -0.05) is 6.07 Å². The maximum Gasteiger partial charge on any atom is 3.00 e. The van der Waals surface area contributed by atoms with Crippen molar-refractivity contribution in [2.24, 2.45) is 0 Å². The second-order valence-corrected chi connectivity index (χ2v) is 2.15. The smallest absolute Gasteiger partial charge is 1.00 e. The van der Waals surface area contributed by atoms with Gasteiger partial charge in [0.15, 0.2) is 0 Å². The fourth-order valence-corrected chi connectivity index (χ4v) is 1.07. The summed E-state index contributed by atoms with van der Waals surface area (Å²) in [5, 5.41) is 2.66. The third kappa shape index (κ3) is 3.08. The zero-order valence-electron chi connectivity index (χ0n) is 6.30. The van der Waals surface area contributed by atoms with Crippen LogP contribution in [-0.2, 0) is 26.2 Å². The Morgan fingerprint density at radius 1 is 1.00 bits per heavy atom. The van der Waals surface area contributed by atoms with Crippen LogP contribution in [0.2, 0.25) is 0 Å². The molecule has 2 aromatic rings. The summed E-state index contributed by atoms with van der Waals surface area (Å²) in [5.74, 6) is 0. The monoisotopic (exact) mass is 319 g/mol. The van der Waals surface area contributed by atoms with Gasteiger partial charge in [-0.15, -0.1) is 29.7 Å². The Bertz CT molecular complexity index is 289. The maximum atomic E-state index is 2.12. The van der Waals surface area contributed by atoms with Gasteiger partial charge in [0.25, 0.3) is 0 Å². The first-order valence-electron chi connectivity index (χ1n) is 3.07. The summed E-state index contributed by atoms with van der Waals surface area (Å²) in [6.45, 7) is 0. The van der Waals surface area contributed by atoms with Crippen molar-refractivity contribution >= 4 is 10.8 Å². The zero-order valence-corrected chi connectivity index (χ0v) is 11.1. The molecule has 0 aromatic heterocycles. The average molecular weight is 322 g/mol. The summed E-state index contributed by atoms with van der Waals surface area (Å²) in [6.07, 6.45) is 0. The van der Waals surface area contributed by atoms with E-state index in [2.05, 4.69) is 42.5 Å². The van der Waals surface area contributed by atoms with Gasteiger partial charge in [-0.05, 0) is 0 Å². The van der Waals surface area contributed by atoms with E-state index in [0.717, 1.165) is 0 Å². The summed E-state index contributed by atoms with van der Waals surface area (Å²) in [5.41, 5.74) is 0. The van der Waals surface area contributed by atoms with Crippen molar-refractivity contribution < 1.29 is 55.6 Å². The molecule has 0 aliphatic rings. The molecule has 0 aliphatic carbocycles. The third-order valence-electron chi connectivity index (χ3n) is 1.55. The van der Waals surface area contributed by atoms with Gasteiger partial charge in [-0.25, -0.2) is 0 Å². The van der Waals surface area contributed by atoms with Crippen LogP contribution in [0.5, 0.6) is 0 Å². The van der Waals surface area contributed by atoms with Crippen LogP contribution in [0.25, 0.3) is 10.8 Å². The van der Waals surface area contributed by atoms with Crippen LogP contribution >= 0.6 is 0 Å². The number of fused-ring (bicyclic) bond motifs is 1. The molecule has 2 aromatic carbocycles. The molecular weight excluding hydrogens is 315 g/mol. The fourth-order valence-electron chi connectivity index (χ4n) is 1.07. The molecular formula is C9H7BrClZr. The zero-order chi connectivity index (χ0) is 6.10. The Morgan fingerprint density at radius 3 is 2.33 bits per heavy atom. The van der Waals surface area contributed by atoms with Crippen LogP contribution < -0.4 is 29.4 Å². The van der Waals surface area contributed by atoms with Gasteiger partial charge in [0.1, 0.15) is 0 Å². The third-order valence-corrected chi connectivity index (χ3v) is 1.55. The van der Waals surface area contributed by atoms with Gasteiger partial charge in [0.2, 0.25) is 0 Å². The minimum Gasteiger partial charge on any atom is -1.00 e. The largest absolute Gasteiger partial charge is 3.00 e. The van der Waals surface area contributed by atoms with Crippen LogP contribution in [0.3, 0.4) is 0 Å². The molecule has 0 atom stereocenters. The molecule has 0 unspecified atom stereocenters. The second kappa shape index (κ2) is 6.94. The van der Waals surface area contributed by atoms with E-state index in [1.54, 1.807) is 0 Å². The molecule has 3 heteroatoms. The first-order valence-corrected chi connectivity index (χ1v) is 3.07. The van der Waals surface area contributed by atoms with E-state index in [0.29, 0.717) is 0 Å². The molecule has 0 nitrogen and oxygen atoms in total. The minimum atomic E-state index is 0. The Hall–Kier alpha value is 0.483. The molecule has 61 valence electrons. The molecule has 0 N–H and O–H groups in total. The first-order chi connectivity index (χ1) is 4.47. The van der Waals surface area contributed by atoms with Crippen LogP contribution in [0.4, 0.5) is 0 Å². The predicted octanol–water partition coefficient (Wildman–Crippen LogP) is -3.44. The summed E-state index contributed by atoms with van der Waals surface area (Å²) in [4.78, 5) is 0. The topological polar surface area (TPSA) is 0 Å². The molecule has 12 heavy (non-hydrogen) atoms. The first kappa shape index (κ1) is 15.0. The van der Waals surface area contributed by atoms with E-state index in [-0.39, 0.29) is 55.6 Å². The van der Waals surface area contributed by atoms with Crippen molar-refractivity contribution in [1.29, 1.82) is 0 Å². The predicted molar refractivity (Wildman–Crippen MR) is 39.5 cm³/mol. The van der Waals surface area contributed by atoms with Crippen molar-refractivity contribution in [3.05, 3.63) is 42.5 Å². The Labute approximate surface area is 108 Å². The molecule has 1 radical (unpaired) electrons. The number of benzene rings is 1. The second-order valence-electron chi connectivity index (χ2n) is 2.15. The van der Waals surface area contributed by atoms with Crippen LogP contribution in [-0.4, -0.2) is 0 Å². The summed E-state index contributed by atoms with van der Waals surface area (Å²) in [6, 6.07) is 14.7. The Balaban J connectivity index is 0. The molecule has 0 saturated heterocycles. The number of rotatable bonds is 0. The molecule has 0 heterocycles. The average Bonchev–Trinajstić information content (AvgIpc) is 2.33. The van der Waals surface area contributed by atoms with E-state index in [9.17, 15) is 0 Å². The SMILES string of the molecule is [Br-].[Cl-].[Zr+3].c1ccc2[cH-]ccc2c1. The van der Waals surface area contributed by atoms with Crippen molar-refractivity contribution in [2.75, 3.05) is 0 Å². The molecule has 0 aliphatic heterocycles. The van der Waals surface area contributed by atoms with Gasteiger partial charge < -0.3 is 29.4 Å². The minimum absolute atomic E-state index is 0. The molecule has 0 saturated carbocycles. The van der Waals surface area contributed by atoms with Crippen molar-refractivity contribution in [1.82, 2.24) is 0 Å². The van der Waals surface area contributed by atoms with Crippen molar-refractivity contribution in [3.8, 4) is 0 Å². The quantitative estimate of drug-likeness (QED) is 0.443. The van der Waals surface area contributed by atoms with E-state index in [1.807, 2.05) is 0 Å². The normalized spacial score (nSPS) is 7.67. The molecule has 0 bridgehead atoms. The van der Waals surface area contributed by atoms with Crippen LogP contribution in [0.1, 0.15) is 0 Å². The molecule has 0 amide bonds. The van der Waals surface area contributed by atoms with Gasteiger partial charge in [-0.3, -0.25) is 0 Å². The van der Waals surface area contributed by atoms with E-state index in [4.69, 9.17) is 0 Å². The summed E-state index contributed by atoms with van der Waals surface area (Å²) < 4.78 is 0. The van der Waals surface area contributed by atoms with E-state index < -0.39 is 0 Å². The molecule has 0 fully saturated rings. The van der Waals surface area contributed by atoms with Gasteiger partial charge in [0, 0.05) is 0 Å². The summed E-state index contributed by atoms with van der Waals surface area (Å²) in [7, 11) is 0. The molecule has 0 spiro atoms. The number of hydrogen-bond donors (Lipinski definition) is 0. The van der Waals surface area contributed by atoms with Crippen molar-refractivity contribution in [2.45, 2.75) is 0 Å². The fraction of sp³-hybridized carbons (Fsp3) is 0. The number of halogens is 2. The summed E-state index contributed by atoms with van der Waals surface area (Å²) >= 11 is 0.